The van der Waals surface area contributed by atoms with E-state index in [1.807, 2.05) is 30.3 Å². The summed E-state index contributed by atoms with van der Waals surface area (Å²) in [5.41, 5.74) is 0.695. The molecule has 0 saturated heterocycles. The smallest absolute Gasteiger partial charge is 0.127 e. The highest BCUT2D eigenvalue weighted by molar-refractivity contribution is 5.56. The quantitative estimate of drug-likeness (QED) is 0.779. The van der Waals surface area contributed by atoms with Crippen molar-refractivity contribution in [1.29, 1.82) is 0 Å². The van der Waals surface area contributed by atoms with Crippen LogP contribution in [0.1, 0.15) is 5.56 Å². The molecule has 1 N–H and O–H groups in total. The summed E-state index contributed by atoms with van der Waals surface area (Å²) in [4.78, 5) is 0. The summed E-state index contributed by atoms with van der Waals surface area (Å²) in [5.74, 6) is 1.58. The molecule has 0 radical (unpaired) electrons. The Morgan fingerprint density at radius 2 is 1.44 bits per heavy atom. The van der Waals surface area contributed by atoms with Crippen molar-refractivity contribution in [2.75, 3.05) is 0 Å². The second kappa shape index (κ2) is 4.53. The standard InChI is InChI=1S/C14H12O2/c1-11(15)12-7-9-14(10-8-12)16-13-5-3-2-4-6-13/h2-10,15H,1H2. The lowest BCUT2D eigenvalue weighted by molar-refractivity contribution is 0.482. The molecule has 0 bridgehead atoms. The maximum Gasteiger partial charge on any atom is 0.127 e. The van der Waals surface area contributed by atoms with E-state index in [-0.39, 0.29) is 5.76 Å². The number of aliphatic hydroxyl groups excluding tert-OH is 1. The summed E-state index contributed by atoms with van der Waals surface area (Å²) in [6.45, 7) is 3.45. The Hall–Kier alpha value is -2.22. The predicted octanol–water partition coefficient (Wildman–Crippen LogP) is 4.01. The maximum atomic E-state index is 9.17. The SMILES string of the molecule is C=C(O)c1ccc(Oc2ccccc2)cc1. The molecule has 0 heterocycles. The fraction of sp³-hybridized carbons (Fsp3) is 0. The summed E-state index contributed by atoms with van der Waals surface area (Å²) >= 11 is 0. The van der Waals surface area contributed by atoms with E-state index in [0.717, 1.165) is 11.5 Å². The third-order valence-electron chi connectivity index (χ3n) is 2.17. The van der Waals surface area contributed by atoms with Gasteiger partial charge in [0, 0.05) is 5.56 Å². The van der Waals surface area contributed by atoms with Crippen molar-refractivity contribution in [3.05, 3.63) is 66.7 Å². The number of rotatable bonds is 3. The highest BCUT2D eigenvalue weighted by Gasteiger charge is 1.98. The molecule has 0 spiro atoms. The van der Waals surface area contributed by atoms with Crippen LogP contribution >= 0.6 is 0 Å². The summed E-state index contributed by atoms with van der Waals surface area (Å²) in [6, 6.07) is 16.7. The van der Waals surface area contributed by atoms with Gasteiger partial charge in [-0.3, -0.25) is 0 Å². The zero-order chi connectivity index (χ0) is 11.4. The molecule has 80 valence electrons. The average Bonchev–Trinajstić information content (AvgIpc) is 2.31. The first kappa shape index (κ1) is 10.3. The molecule has 0 aliphatic heterocycles. The van der Waals surface area contributed by atoms with Gasteiger partial charge in [-0.2, -0.15) is 0 Å². The van der Waals surface area contributed by atoms with Gasteiger partial charge in [-0.15, -0.1) is 0 Å². The number of benzene rings is 2. The van der Waals surface area contributed by atoms with E-state index in [4.69, 9.17) is 9.84 Å². The van der Waals surface area contributed by atoms with E-state index in [9.17, 15) is 0 Å². The van der Waals surface area contributed by atoms with Crippen LogP contribution in [0.4, 0.5) is 0 Å². The molecule has 0 saturated carbocycles. The Balaban J connectivity index is 2.14. The average molecular weight is 212 g/mol. The van der Waals surface area contributed by atoms with Crippen LogP contribution < -0.4 is 4.74 Å². The minimum Gasteiger partial charge on any atom is -0.508 e. The second-order valence-corrected chi connectivity index (χ2v) is 3.39. The van der Waals surface area contributed by atoms with Crippen molar-refractivity contribution in [2.45, 2.75) is 0 Å². The lowest BCUT2D eigenvalue weighted by Crippen LogP contribution is -1.85. The molecule has 0 aromatic heterocycles. The second-order valence-electron chi connectivity index (χ2n) is 3.39. The van der Waals surface area contributed by atoms with Gasteiger partial charge in [0.25, 0.3) is 0 Å². The van der Waals surface area contributed by atoms with Crippen molar-refractivity contribution >= 4 is 5.76 Å². The van der Waals surface area contributed by atoms with Crippen molar-refractivity contribution in [3.63, 3.8) is 0 Å². The van der Waals surface area contributed by atoms with Gasteiger partial charge in [0.2, 0.25) is 0 Å². The van der Waals surface area contributed by atoms with Crippen molar-refractivity contribution in [2.24, 2.45) is 0 Å². The third kappa shape index (κ3) is 2.42. The van der Waals surface area contributed by atoms with Gasteiger partial charge in [-0.05, 0) is 36.4 Å². The zero-order valence-corrected chi connectivity index (χ0v) is 8.76. The minimum absolute atomic E-state index is 0.0614. The Morgan fingerprint density at radius 3 is 2.00 bits per heavy atom. The van der Waals surface area contributed by atoms with E-state index in [1.54, 1.807) is 24.3 Å². The predicted molar refractivity (Wildman–Crippen MR) is 64.6 cm³/mol. The van der Waals surface area contributed by atoms with Crippen LogP contribution in [0.15, 0.2) is 61.2 Å². The van der Waals surface area contributed by atoms with Crippen LogP contribution in [0.2, 0.25) is 0 Å². The highest BCUT2D eigenvalue weighted by Crippen LogP contribution is 2.22. The molecule has 0 amide bonds. The monoisotopic (exact) mass is 212 g/mol. The highest BCUT2D eigenvalue weighted by atomic mass is 16.5. The number of aliphatic hydroxyl groups is 1. The van der Waals surface area contributed by atoms with Crippen molar-refractivity contribution in [3.8, 4) is 11.5 Å². The molecule has 0 atom stereocenters. The van der Waals surface area contributed by atoms with Crippen LogP contribution in [0.25, 0.3) is 5.76 Å². The minimum atomic E-state index is 0.0614. The Labute approximate surface area is 94.4 Å². The first-order valence-corrected chi connectivity index (χ1v) is 4.97. The lowest BCUT2D eigenvalue weighted by Gasteiger charge is -2.05. The van der Waals surface area contributed by atoms with Crippen LogP contribution in [-0.4, -0.2) is 5.11 Å². The van der Waals surface area contributed by atoms with Crippen LogP contribution in [0.3, 0.4) is 0 Å². The topological polar surface area (TPSA) is 29.5 Å². The summed E-state index contributed by atoms with van der Waals surface area (Å²) in [5, 5.41) is 9.17. The molecule has 0 aliphatic carbocycles. The van der Waals surface area contributed by atoms with Crippen LogP contribution in [0, 0.1) is 0 Å². The van der Waals surface area contributed by atoms with Gasteiger partial charge in [-0.25, -0.2) is 0 Å². The summed E-state index contributed by atoms with van der Waals surface area (Å²) in [7, 11) is 0. The van der Waals surface area contributed by atoms with Crippen LogP contribution in [-0.2, 0) is 0 Å². The lowest BCUT2D eigenvalue weighted by atomic mass is 10.2. The van der Waals surface area contributed by atoms with E-state index in [0.29, 0.717) is 5.56 Å². The van der Waals surface area contributed by atoms with E-state index < -0.39 is 0 Å². The van der Waals surface area contributed by atoms with E-state index in [1.165, 1.54) is 0 Å². The third-order valence-corrected chi connectivity index (χ3v) is 2.17. The number of para-hydroxylation sites is 1. The van der Waals surface area contributed by atoms with Crippen molar-refractivity contribution < 1.29 is 9.84 Å². The summed E-state index contributed by atoms with van der Waals surface area (Å²) in [6.07, 6.45) is 0. The number of hydrogen-bond acceptors (Lipinski definition) is 2. The zero-order valence-electron chi connectivity index (χ0n) is 8.76. The maximum absolute atomic E-state index is 9.17. The molecule has 2 aromatic rings. The summed E-state index contributed by atoms with van der Waals surface area (Å²) < 4.78 is 5.60. The van der Waals surface area contributed by atoms with E-state index in [2.05, 4.69) is 6.58 Å². The molecule has 2 rings (SSSR count). The van der Waals surface area contributed by atoms with Gasteiger partial charge in [0.15, 0.2) is 0 Å². The normalized spacial score (nSPS) is 9.75. The largest absolute Gasteiger partial charge is 0.508 e. The first-order valence-electron chi connectivity index (χ1n) is 4.97. The first-order chi connectivity index (χ1) is 7.75. The molecule has 16 heavy (non-hydrogen) atoms. The molecule has 2 nitrogen and oxygen atoms in total. The number of hydrogen-bond donors (Lipinski definition) is 1. The molecular weight excluding hydrogens is 200 g/mol. The molecule has 2 heteroatoms. The number of ether oxygens (including phenoxy) is 1. The fourth-order valence-corrected chi connectivity index (χ4v) is 1.34. The van der Waals surface area contributed by atoms with Gasteiger partial charge in [0.05, 0.1) is 0 Å². The molecule has 2 aromatic carbocycles. The van der Waals surface area contributed by atoms with Gasteiger partial charge in [-0.1, -0.05) is 24.8 Å². The Morgan fingerprint density at radius 1 is 0.875 bits per heavy atom. The van der Waals surface area contributed by atoms with Crippen LogP contribution in [0.5, 0.6) is 11.5 Å². The molecule has 0 aliphatic rings. The molecule has 0 unspecified atom stereocenters. The van der Waals surface area contributed by atoms with Gasteiger partial charge in [0.1, 0.15) is 17.3 Å². The Kier molecular flexibility index (Phi) is 2.92. The Bertz CT molecular complexity index is 472. The fourth-order valence-electron chi connectivity index (χ4n) is 1.34. The van der Waals surface area contributed by atoms with E-state index >= 15 is 0 Å². The molecular formula is C14H12O2. The van der Waals surface area contributed by atoms with Gasteiger partial charge < -0.3 is 9.84 Å². The van der Waals surface area contributed by atoms with Crippen molar-refractivity contribution in [1.82, 2.24) is 0 Å². The molecule has 0 fully saturated rings. The van der Waals surface area contributed by atoms with Gasteiger partial charge >= 0.3 is 0 Å².